The number of methoxy groups -OCH3 is 1. The highest BCUT2D eigenvalue weighted by Gasteiger charge is 2.34. The van der Waals surface area contributed by atoms with Crippen LogP contribution in [0.1, 0.15) is 16.8 Å². The van der Waals surface area contributed by atoms with Gasteiger partial charge in [0.25, 0.3) is 5.91 Å². The summed E-state index contributed by atoms with van der Waals surface area (Å²) in [5, 5.41) is 18.9. The van der Waals surface area contributed by atoms with Crippen molar-refractivity contribution in [2.75, 3.05) is 20.3 Å². The number of rotatable bonds is 3. The van der Waals surface area contributed by atoms with E-state index in [1.165, 1.54) is 12.0 Å². The Morgan fingerprint density at radius 3 is 2.89 bits per heavy atom. The smallest absolute Gasteiger partial charge is 0.254 e. The van der Waals surface area contributed by atoms with Gasteiger partial charge in [-0.2, -0.15) is 0 Å². The number of carbonyl (C=O) groups is 1. The van der Waals surface area contributed by atoms with Crippen LogP contribution in [0.3, 0.4) is 0 Å². The number of hydrogen-bond acceptors (Lipinski definition) is 4. The Labute approximate surface area is 119 Å². The Morgan fingerprint density at radius 1 is 1.53 bits per heavy atom. The van der Waals surface area contributed by atoms with Crippen molar-refractivity contribution < 1.29 is 19.7 Å². The number of likely N-dealkylation sites (tertiary alicyclic amines) is 1. The van der Waals surface area contributed by atoms with Crippen LogP contribution in [0.5, 0.6) is 5.75 Å². The molecule has 0 radical (unpaired) electrons. The minimum absolute atomic E-state index is 0.145. The highest BCUT2D eigenvalue weighted by Crippen LogP contribution is 2.25. The van der Waals surface area contributed by atoms with Gasteiger partial charge in [0.15, 0.2) is 0 Å². The van der Waals surface area contributed by atoms with E-state index in [1.807, 2.05) is 0 Å². The summed E-state index contributed by atoms with van der Waals surface area (Å²) in [6, 6.07) is 4.78. The molecule has 1 aromatic carbocycles. The molecule has 1 aliphatic heterocycles. The average Bonchev–Trinajstić information content (AvgIpc) is 2.78. The molecule has 1 aliphatic rings. The molecule has 104 valence electrons. The summed E-state index contributed by atoms with van der Waals surface area (Å²) in [4.78, 5) is 13.9. The van der Waals surface area contributed by atoms with Crippen LogP contribution in [0, 0.1) is 0 Å². The molecule has 2 atom stereocenters. The number of halogens is 1. The van der Waals surface area contributed by atoms with E-state index in [0.717, 1.165) is 4.47 Å². The Bertz CT molecular complexity index is 480. The van der Waals surface area contributed by atoms with Crippen molar-refractivity contribution in [1.29, 1.82) is 0 Å². The van der Waals surface area contributed by atoms with Crippen LogP contribution in [0.15, 0.2) is 22.7 Å². The van der Waals surface area contributed by atoms with Gasteiger partial charge in [0.1, 0.15) is 5.75 Å². The lowest BCUT2D eigenvalue weighted by Crippen LogP contribution is -2.38. The van der Waals surface area contributed by atoms with Gasteiger partial charge in [-0.05, 0) is 24.6 Å². The largest absolute Gasteiger partial charge is 0.497 e. The van der Waals surface area contributed by atoms with Crippen molar-refractivity contribution in [1.82, 2.24) is 4.90 Å². The summed E-state index contributed by atoms with van der Waals surface area (Å²) in [6.45, 7) is 0.104. The summed E-state index contributed by atoms with van der Waals surface area (Å²) >= 11 is 3.33. The number of ether oxygens (including phenoxy) is 1. The predicted molar refractivity (Wildman–Crippen MR) is 73.2 cm³/mol. The summed E-state index contributed by atoms with van der Waals surface area (Å²) in [6.07, 6.45) is -0.164. The fourth-order valence-corrected chi connectivity index (χ4v) is 2.76. The molecule has 0 bridgehead atoms. The normalized spacial score (nSPS) is 22.6. The lowest BCUT2D eigenvalue weighted by molar-refractivity contribution is 0.0664. The van der Waals surface area contributed by atoms with Gasteiger partial charge < -0.3 is 19.8 Å². The van der Waals surface area contributed by atoms with E-state index in [2.05, 4.69) is 15.9 Å². The molecule has 1 fully saturated rings. The number of aliphatic hydroxyl groups excluding tert-OH is 2. The van der Waals surface area contributed by atoms with Crippen LogP contribution in [-0.4, -0.2) is 53.4 Å². The SMILES string of the molecule is COc1cc(Br)cc(C(=O)N2C[C@@H](O)C[C@H]2CO)c1. The monoisotopic (exact) mass is 329 g/mol. The minimum Gasteiger partial charge on any atom is -0.497 e. The van der Waals surface area contributed by atoms with Crippen LogP contribution in [-0.2, 0) is 0 Å². The van der Waals surface area contributed by atoms with Crippen molar-refractivity contribution in [2.24, 2.45) is 0 Å². The number of hydrogen-bond donors (Lipinski definition) is 2. The van der Waals surface area contributed by atoms with E-state index in [4.69, 9.17) is 4.74 Å². The van der Waals surface area contributed by atoms with Gasteiger partial charge in [0.05, 0.1) is 25.9 Å². The zero-order valence-corrected chi connectivity index (χ0v) is 12.1. The average molecular weight is 330 g/mol. The van der Waals surface area contributed by atoms with Gasteiger partial charge in [-0.15, -0.1) is 0 Å². The van der Waals surface area contributed by atoms with Crippen LogP contribution >= 0.6 is 15.9 Å². The van der Waals surface area contributed by atoms with Crippen molar-refractivity contribution in [2.45, 2.75) is 18.6 Å². The zero-order valence-electron chi connectivity index (χ0n) is 10.5. The number of β-amino-alcohol motifs (C(OH)–C–C–N with tert-alkyl or cyclic N) is 1. The Kier molecular flexibility index (Phi) is 4.44. The van der Waals surface area contributed by atoms with Gasteiger partial charge >= 0.3 is 0 Å². The molecule has 0 spiro atoms. The summed E-state index contributed by atoms with van der Waals surface area (Å²) in [5.74, 6) is 0.369. The summed E-state index contributed by atoms with van der Waals surface area (Å²) in [7, 11) is 1.53. The highest BCUT2D eigenvalue weighted by molar-refractivity contribution is 9.10. The second kappa shape index (κ2) is 5.90. The first-order valence-corrected chi connectivity index (χ1v) is 6.79. The van der Waals surface area contributed by atoms with Crippen LogP contribution in [0.25, 0.3) is 0 Å². The molecule has 2 rings (SSSR count). The Hall–Kier alpha value is -1.11. The van der Waals surface area contributed by atoms with Crippen molar-refractivity contribution >= 4 is 21.8 Å². The van der Waals surface area contributed by atoms with E-state index in [0.29, 0.717) is 17.7 Å². The topological polar surface area (TPSA) is 70.0 Å². The summed E-state index contributed by atoms with van der Waals surface area (Å²) in [5.41, 5.74) is 0.471. The highest BCUT2D eigenvalue weighted by atomic mass is 79.9. The third kappa shape index (κ3) is 3.08. The maximum atomic E-state index is 12.4. The molecule has 2 N–H and O–H groups in total. The third-order valence-corrected chi connectivity index (χ3v) is 3.68. The van der Waals surface area contributed by atoms with Crippen LogP contribution < -0.4 is 4.74 Å². The first-order valence-electron chi connectivity index (χ1n) is 5.99. The van der Waals surface area contributed by atoms with E-state index in [1.54, 1.807) is 18.2 Å². The lowest BCUT2D eigenvalue weighted by Gasteiger charge is -2.23. The molecule has 0 saturated carbocycles. The first-order chi connectivity index (χ1) is 9.05. The molecule has 1 aromatic rings. The van der Waals surface area contributed by atoms with E-state index in [-0.39, 0.29) is 25.1 Å². The van der Waals surface area contributed by atoms with E-state index < -0.39 is 6.10 Å². The standard InChI is InChI=1S/C13H16BrNO4/c1-19-12-3-8(2-9(14)4-12)13(18)15-6-11(17)5-10(15)7-16/h2-4,10-11,16-17H,5-7H2,1H3/t10-,11-/m0/s1. The second-order valence-electron chi connectivity index (χ2n) is 4.56. The summed E-state index contributed by atoms with van der Waals surface area (Å²) < 4.78 is 5.87. The maximum absolute atomic E-state index is 12.4. The molecular formula is C13H16BrNO4. The maximum Gasteiger partial charge on any atom is 0.254 e. The molecule has 5 nitrogen and oxygen atoms in total. The predicted octanol–water partition coefficient (Wildman–Crippen LogP) is 1.03. The van der Waals surface area contributed by atoms with Crippen molar-refractivity contribution in [3.63, 3.8) is 0 Å². The molecule has 1 amide bonds. The molecule has 0 unspecified atom stereocenters. The number of benzene rings is 1. The number of aliphatic hydroxyl groups is 2. The molecule has 0 aromatic heterocycles. The molecule has 1 heterocycles. The van der Waals surface area contributed by atoms with Crippen molar-refractivity contribution in [3.05, 3.63) is 28.2 Å². The van der Waals surface area contributed by atoms with Crippen LogP contribution in [0.4, 0.5) is 0 Å². The Balaban J connectivity index is 2.26. The van der Waals surface area contributed by atoms with Gasteiger partial charge in [-0.25, -0.2) is 0 Å². The van der Waals surface area contributed by atoms with Gasteiger partial charge in [-0.3, -0.25) is 4.79 Å². The second-order valence-corrected chi connectivity index (χ2v) is 5.48. The molecule has 6 heteroatoms. The number of nitrogens with zero attached hydrogens (tertiary/aromatic N) is 1. The van der Waals surface area contributed by atoms with Crippen molar-refractivity contribution in [3.8, 4) is 5.75 Å². The molecule has 19 heavy (non-hydrogen) atoms. The number of carbonyl (C=O) groups excluding carboxylic acids is 1. The van der Waals surface area contributed by atoms with Gasteiger partial charge in [-0.1, -0.05) is 15.9 Å². The minimum atomic E-state index is -0.574. The quantitative estimate of drug-likeness (QED) is 0.868. The molecule has 0 aliphatic carbocycles. The van der Waals surface area contributed by atoms with E-state index in [9.17, 15) is 15.0 Å². The Morgan fingerprint density at radius 2 is 2.26 bits per heavy atom. The fraction of sp³-hybridized carbons (Fsp3) is 0.462. The lowest BCUT2D eigenvalue weighted by atomic mass is 10.1. The fourth-order valence-electron chi connectivity index (χ4n) is 2.28. The molecule has 1 saturated heterocycles. The number of amides is 1. The van der Waals surface area contributed by atoms with Gasteiger partial charge in [0, 0.05) is 16.6 Å². The van der Waals surface area contributed by atoms with Gasteiger partial charge in [0.2, 0.25) is 0 Å². The van der Waals surface area contributed by atoms with E-state index >= 15 is 0 Å². The third-order valence-electron chi connectivity index (χ3n) is 3.22. The molecular weight excluding hydrogens is 314 g/mol. The first kappa shape index (κ1) is 14.3. The van der Waals surface area contributed by atoms with Crippen LogP contribution in [0.2, 0.25) is 0 Å². The zero-order chi connectivity index (χ0) is 14.0.